The quantitative estimate of drug-likeness (QED) is 0.0219. The first-order valence-corrected chi connectivity index (χ1v) is 27.8. The van der Waals surface area contributed by atoms with Crippen molar-refractivity contribution >= 4 is 43.4 Å². The molecule has 0 aliphatic carbocycles. The van der Waals surface area contributed by atoms with Crippen molar-refractivity contribution in [2.45, 2.75) is 160 Å². The molecule has 334 valence electrons. The van der Waals surface area contributed by atoms with E-state index in [0.717, 1.165) is 18.4 Å². The van der Waals surface area contributed by atoms with E-state index in [4.69, 9.17) is 13.6 Å². The van der Waals surface area contributed by atoms with Crippen LogP contribution in [0.5, 0.6) is 0 Å². The second-order valence-corrected chi connectivity index (χ2v) is 28.4. The van der Waals surface area contributed by atoms with E-state index in [9.17, 15) is 4.79 Å². The largest absolute Gasteiger partial charge is 0.451 e. The van der Waals surface area contributed by atoms with Gasteiger partial charge in [0.15, 0.2) is 5.60 Å². The van der Waals surface area contributed by atoms with Crippen LogP contribution in [0, 0.1) is 0 Å². The van der Waals surface area contributed by atoms with E-state index in [1.54, 1.807) is 0 Å². The molecule has 1 fully saturated rings. The number of unbranched alkanes of at least 4 members (excludes halogenated alkanes) is 12. The third kappa shape index (κ3) is 12.7. The Morgan fingerprint density at radius 1 is 0.516 bits per heavy atom. The lowest BCUT2D eigenvalue weighted by molar-refractivity contribution is -0.152. The Hall–Kier alpha value is -3.82. The minimum absolute atomic E-state index is 0.231. The molecule has 4 aromatic rings. The summed E-state index contributed by atoms with van der Waals surface area (Å²) in [6.07, 6.45) is 24.8. The first kappa shape index (κ1) is 49.2. The number of carbonyl (C=O) groups excluding carboxylic acids is 1. The number of hydrogen-bond acceptors (Lipinski definition) is 4. The smallest absolute Gasteiger partial charge is 0.334 e. The molecule has 0 radical (unpaired) electrons. The Morgan fingerprint density at radius 2 is 0.855 bits per heavy atom. The normalized spacial score (nSPS) is 15.4. The van der Waals surface area contributed by atoms with E-state index in [2.05, 4.69) is 188 Å². The van der Waals surface area contributed by atoms with Crippen LogP contribution in [0.15, 0.2) is 145 Å². The average molecular weight is 871 g/mol. The minimum atomic E-state index is -2.97. The number of allylic oxidation sites excluding steroid dienone is 3. The molecule has 6 heteroatoms. The van der Waals surface area contributed by atoms with Crippen LogP contribution in [0.1, 0.15) is 145 Å². The van der Waals surface area contributed by atoms with Crippen molar-refractivity contribution in [3.05, 3.63) is 145 Å². The van der Waals surface area contributed by atoms with Gasteiger partial charge in [0.2, 0.25) is 0 Å². The lowest BCUT2D eigenvalue weighted by atomic mass is 9.98. The summed E-state index contributed by atoms with van der Waals surface area (Å²) in [4.78, 5) is 14.1. The van der Waals surface area contributed by atoms with Crippen molar-refractivity contribution in [2.75, 3.05) is 13.2 Å². The molecule has 0 atom stereocenters. The summed E-state index contributed by atoms with van der Waals surface area (Å²) in [7, 11) is -5.94. The van der Waals surface area contributed by atoms with Gasteiger partial charge in [0.1, 0.15) is 0 Å². The van der Waals surface area contributed by atoms with E-state index in [-0.39, 0.29) is 29.3 Å². The first-order chi connectivity index (χ1) is 29.9. The van der Waals surface area contributed by atoms with Crippen LogP contribution < -0.4 is 20.7 Å². The molecular formula is C56H78O4Si2. The maximum absolute atomic E-state index is 14.1. The number of carbonyl (C=O) groups is 1. The number of benzene rings is 4. The van der Waals surface area contributed by atoms with Crippen molar-refractivity contribution in [2.24, 2.45) is 0 Å². The highest BCUT2D eigenvalue weighted by atomic mass is 28.4. The summed E-state index contributed by atoms with van der Waals surface area (Å²) < 4.78 is 21.9. The SMILES string of the molecule is CCCCCCCC/C=C\CCCCCCC/C=C1/CC(CO[Si](c2ccccc2)(c2ccccc2)C(C)(C)C)(CO[Si](c2ccccc2)(c2ccccc2)C(C)(C)C)OC1=O. The number of ether oxygens (including phenoxy) is 1. The van der Waals surface area contributed by atoms with Crippen LogP contribution in [-0.4, -0.2) is 41.4 Å². The Labute approximate surface area is 378 Å². The van der Waals surface area contributed by atoms with Gasteiger partial charge in [0.25, 0.3) is 16.6 Å². The Morgan fingerprint density at radius 3 is 1.21 bits per heavy atom. The van der Waals surface area contributed by atoms with Gasteiger partial charge < -0.3 is 13.6 Å². The topological polar surface area (TPSA) is 44.8 Å². The summed E-state index contributed by atoms with van der Waals surface area (Å²) >= 11 is 0. The molecule has 62 heavy (non-hydrogen) atoms. The zero-order chi connectivity index (χ0) is 44.4. The summed E-state index contributed by atoms with van der Waals surface area (Å²) in [5.41, 5.74) is -0.261. The van der Waals surface area contributed by atoms with Crippen molar-refractivity contribution in [3.8, 4) is 0 Å². The Kier molecular flexibility index (Phi) is 18.8. The van der Waals surface area contributed by atoms with Gasteiger partial charge in [0, 0.05) is 12.0 Å². The summed E-state index contributed by atoms with van der Waals surface area (Å²) in [5, 5.41) is 4.33. The van der Waals surface area contributed by atoms with E-state index < -0.39 is 22.2 Å². The third-order valence-electron chi connectivity index (χ3n) is 12.9. The standard InChI is InChI=1S/C56H78O4Si2/c1-8-9-10-11-12-13-14-15-16-17-18-19-20-21-22-27-36-48-45-56(60-53(48)57,46-58-61(54(2,3)4,49-37-28-23-29-38-49)50-39-30-24-31-40-50)47-59-62(55(5,6)7,51-41-32-25-33-42-51)52-43-34-26-35-44-52/h15-16,23-26,28-44H,8-14,17-22,27,45-47H2,1-7H3/b16-15-,48-36-. The fourth-order valence-corrected chi connectivity index (χ4v) is 18.8. The van der Waals surface area contributed by atoms with Crippen molar-refractivity contribution < 1.29 is 18.4 Å². The van der Waals surface area contributed by atoms with Gasteiger partial charge in [-0.3, -0.25) is 0 Å². The molecule has 1 saturated heterocycles. The predicted octanol–water partition coefficient (Wildman–Crippen LogP) is 12.8. The minimum Gasteiger partial charge on any atom is -0.451 e. The molecule has 0 spiro atoms. The Balaban J connectivity index is 1.36. The van der Waals surface area contributed by atoms with Gasteiger partial charge in [-0.25, -0.2) is 4.79 Å². The lowest BCUT2D eigenvalue weighted by Crippen LogP contribution is -2.69. The maximum Gasteiger partial charge on any atom is 0.334 e. The highest BCUT2D eigenvalue weighted by Gasteiger charge is 2.56. The molecule has 5 rings (SSSR count). The van der Waals surface area contributed by atoms with Crippen LogP contribution in [0.4, 0.5) is 0 Å². The van der Waals surface area contributed by atoms with Gasteiger partial charge >= 0.3 is 5.97 Å². The number of cyclic esters (lactones) is 1. The van der Waals surface area contributed by atoms with E-state index >= 15 is 0 Å². The number of hydrogen-bond donors (Lipinski definition) is 0. The molecule has 0 unspecified atom stereocenters. The summed E-state index contributed by atoms with van der Waals surface area (Å²) in [6.45, 7) is 16.5. The van der Waals surface area contributed by atoms with Gasteiger partial charge in [-0.1, -0.05) is 239 Å². The lowest BCUT2D eigenvalue weighted by Gasteiger charge is -2.46. The monoisotopic (exact) mass is 871 g/mol. The second kappa shape index (κ2) is 23.7. The second-order valence-electron chi connectivity index (χ2n) is 19.8. The predicted molar refractivity (Wildman–Crippen MR) is 268 cm³/mol. The van der Waals surface area contributed by atoms with Crippen LogP contribution in [0.3, 0.4) is 0 Å². The zero-order valence-electron chi connectivity index (χ0n) is 39.4. The van der Waals surface area contributed by atoms with Gasteiger partial charge in [0.05, 0.1) is 13.2 Å². The van der Waals surface area contributed by atoms with Crippen LogP contribution >= 0.6 is 0 Å². The third-order valence-corrected chi connectivity index (χ3v) is 22.8. The summed E-state index contributed by atoms with van der Waals surface area (Å²) in [6, 6.07) is 42.9. The van der Waals surface area contributed by atoms with Gasteiger partial charge in [-0.2, -0.15) is 0 Å². The van der Waals surface area contributed by atoms with Gasteiger partial charge in [-0.15, -0.1) is 0 Å². The maximum atomic E-state index is 14.1. The van der Waals surface area contributed by atoms with Crippen LogP contribution in [0.2, 0.25) is 10.1 Å². The highest BCUT2D eigenvalue weighted by molar-refractivity contribution is 7.00. The summed E-state index contributed by atoms with van der Waals surface area (Å²) in [5.74, 6) is -0.241. The van der Waals surface area contributed by atoms with Gasteiger partial charge in [-0.05, 0) is 69.3 Å². The molecule has 0 amide bonds. The fraction of sp³-hybridized carbons (Fsp3) is 0.482. The first-order valence-electron chi connectivity index (χ1n) is 24.0. The van der Waals surface area contributed by atoms with Crippen molar-refractivity contribution in [1.82, 2.24) is 0 Å². The Bertz CT molecular complexity index is 1760. The molecule has 0 bridgehead atoms. The average Bonchev–Trinajstić information content (AvgIpc) is 3.58. The zero-order valence-corrected chi connectivity index (χ0v) is 41.4. The van der Waals surface area contributed by atoms with Crippen LogP contribution in [-0.2, 0) is 18.4 Å². The molecule has 1 aliphatic rings. The van der Waals surface area contributed by atoms with E-state index in [1.807, 2.05) is 0 Å². The molecule has 4 aromatic carbocycles. The highest BCUT2D eigenvalue weighted by Crippen LogP contribution is 2.42. The van der Waals surface area contributed by atoms with E-state index in [0.29, 0.717) is 6.42 Å². The van der Waals surface area contributed by atoms with Crippen LogP contribution in [0.25, 0.3) is 0 Å². The molecule has 1 aliphatic heterocycles. The molecule has 0 N–H and O–H groups in total. The molecule has 1 heterocycles. The fourth-order valence-electron chi connectivity index (χ4n) is 9.57. The van der Waals surface area contributed by atoms with E-state index in [1.165, 1.54) is 97.8 Å². The molecule has 0 saturated carbocycles. The van der Waals surface area contributed by atoms with Crippen molar-refractivity contribution in [1.29, 1.82) is 0 Å². The molecule has 0 aromatic heterocycles. The molecular weight excluding hydrogens is 793 g/mol. The molecule has 4 nitrogen and oxygen atoms in total. The number of esters is 1. The van der Waals surface area contributed by atoms with Crippen molar-refractivity contribution in [3.63, 3.8) is 0 Å². The number of rotatable bonds is 25.